The van der Waals surface area contributed by atoms with Crippen molar-refractivity contribution >= 4 is 5.91 Å². The van der Waals surface area contributed by atoms with Crippen molar-refractivity contribution < 1.29 is 18.0 Å². The number of amides is 1. The Morgan fingerprint density at radius 2 is 2.16 bits per heavy atom. The summed E-state index contributed by atoms with van der Waals surface area (Å²) in [5.74, 6) is -0.475. The molecule has 1 aliphatic heterocycles. The van der Waals surface area contributed by atoms with Gasteiger partial charge in [0.25, 0.3) is 5.91 Å². The number of nitrogens with one attached hydrogen (secondary N) is 2. The fourth-order valence-electron chi connectivity index (χ4n) is 2.11. The number of alkyl halides is 3. The molecule has 1 amide bonds. The molecule has 2 rings (SSSR count). The van der Waals surface area contributed by atoms with Crippen LogP contribution in [0.4, 0.5) is 13.2 Å². The average molecular weight is 272 g/mol. The maximum Gasteiger partial charge on any atom is 0.416 e. The summed E-state index contributed by atoms with van der Waals surface area (Å²) in [5.41, 5.74) is -1.18. The van der Waals surface area contributed by atoms with Crippen molar-refractivity contribution in [3.63, 3.8) is 0 Å². The number of hydrogen-bond donors (Lipinski definition) is 2. The van der Waals surface area contributed by atoms with Crippen molar-refractivity contribution in [2.24, 2.45) is 0 Å². The Labute approximate surface area is 109 Å². The van der Waals surface area contributed by atoms with E-state index in [1.807, 2.05) is 6.92 Å². The van der Waals surface area contributed by atoms with E-state index in [2.05, 4.69) is 10.6 Å². The second-order valence-electron chi connectivity index (χ2n) is 5.02. The summed E-state index contributed by atoms with van der Waals surface area (Å²) in [7, 11) is 0. The summed E-state index contributed by atoms with van der Waals surface area (Å²) in [6.07, 6.45) is -3.67. The molecule has 0 saturated carbocycles. The standard InChI is InChI=1S/C13H15F3N2O/c1-12(5-6-17-8-12)18-11(19)9-3-2-4-10(7-9)13(14,15)16/h2-4,7,17H,5-6,8H2,1H3,(H,18,19). The minimum atomic E-state index is -4.44. The molecule has 0 aromatic heterocycles. The van der Waals surface area contributed by atoms with Crippen LogP contribution in [0.15, 0.2) is 24.3 Å². The SMILES string of the molecule is CC1(NC(=O)c2cccc(C(F)(F)F)c2)CCNC1. The Balaban J connectivity index is 2.15. The molecule has 1 aromatic rings. The molecule has 1 saturated heterocycles. The molecule has 0 radical (unpaired) electrons. The number of benzene rings is 1. The Bertz CT molecular complexity index is 479. The van der Waals surface area contributed by atoms with Crippen LogP contribution in [0.3, 0.4) is 0 Å². The summed E-state index contributed by atoms with van der Waals surface area (Å²) < 4.78 is 37.7. The van der Waals surface area contributed by atoms with Crippen LogP contribution in [-0.4, -0.2) is 24.5 Å². The summed E-state index contributed by atoms with van der Waals surface area (Å²) in [5, 5.41) is 5.89. The van der Waals surface area contributed by atoms with Crippen LogP contribution in [0, 0.1) is 0 Å². The highest BCUT2D eigenvalue weighted by atomic mass is 19.4. The van der Waals surface area contributed by atoms with Crippen LogP contribution in [0.25, 0.3) is 0 Å². The van der Waals surface area contributed by atoms with Crippen LogP contribution >= 0.6 is 0 Å². The zero-order valence-corrected chi connectivity index (χ0v) is 10.5. The molecule has 1 fully saturated rings. The molecule has 1 atom stereocenters. The van der Waals surface area contributed by atoms with E-state index in [-0.39, 0.29) is 5.56 Å². The van der Waals surface area contributed by atoms with Crippen LogP contribution in [-0.2, 0) is 6.18 Å². The van der Waals surface area contributed by atoms with Gasteiger partial charge in [-0.3, -0.25) is 4.79 Å². The van der Waals surface area contributed by atoms with Crippen molar-refractivity contribution in [3.8, 4) is 0 Å². The van der Waals surface area contributed by atoms with Gasteiger partial charge < -0.3 is 10.6 Å². The molecule has 1 heterocycles. The molecule has 3 nitrogen and oxygen atoms in total. The van der Waals surface area contributed by atoms with Gasteiger partial charge >= 0.3 is 6.18 Å². The van der Waals surface area contributed by atoms with Crippen molar-refractivity contribution in [3.05, 3.63) is 35.4 Å². The van der Waals surface area contributed by atoms with Crippen molar-refractivity contribution in [2.75, 3.05) is 13.1 Å². The molecule has 0 bridgehead atoms. The van der Waals surface area contributed by atoms with Crippen molar-refractivity contribution in [1.82, 2.24) is 10.6 Å². The molecule has 19 heavy (non-hydrogen) atoms. The van der Waals surface area contributed by atoms with Crippen LogP contribution in [0.5, 0.6) is 0 Å². The van der Waals surface area contributed by atoms with E-state index >= 15 is 0 Å². The van der Waals surface area contributed by atoms with E-state index in [9.17, 15) is 18.0 Å². The predicted octanol–water partition coefficient (Wildman–Crippen LogP) is 2.19. The maximum absolute atomic E-state index is 12.6. The molecule has 1 unspecified atom stereocenters. The first-order valence-corrected chi connectivity index (χ1v) is 6.01. The molecular formula is C13H15F3N2O. The van der Waals surface area contributed by atoms with E-state index < -0.39 is 23.2 Å². The van der Waals surface area contributed by atoms with Gasteiger partial charge in [0, 0.05) is 12.1 Å². The zero-order valence-electron chi connectivity index (χ0n) is 10.5. The largest absolute Gasteiger partial charge is 0.416 e. The smallest absolute Gasteiger partial charge is 0.346 e. The lowest BCUT2D eigenvalue weighted by atomic mass is 10.0. The van der Waals surface area contributed by atoms with Gasteiger partial charge in [-0.05, 0) is 38.1 Å². The molecule has 104 valence electrons. The second-order valence-corrected chi connectivity index (χ2v) is 5.02. The fourth-order valence-corrected chi connectivity index (χ4v) is 2.11. The van der Waals surface area contributed by atoms with Gasteiger partial charge in [0.05, 0.1) is 11.1 Å². The minimum Gasteiger partial charge on any atom is -0.346 e. The van der Waals surface area contributed by atoms with Gasteiger partial charge in [-0.25, -0.2) is 0 Å². The monoisotopic (exact) mass is 272 g/mol. The topological polar surface area (TPSA) is 41.1 Å². The summed E-state index contributed by atoms with van der Waals surface area (Å²) in [6.45, 7) is 3.29. The second kappa shape index (κ2) is 4.85. The lowest BCUT2D eigenvalue weighted by Gasteiger charge is -2.24. The summed E-state index contributed by atoms with van der Waals surface area (Å²) in [6, 6.07) is 4.46. The number of rotatable bonds is 2. The van der Waals surface area contributed by atoms with E-state index in [4.69, 9.17) is 0 Å². The molecule has 6 heteroatoms. The van der Waals surface area contributed by atoms with Crippen LogP contribution in [0.1, 0.15) is 29.3 Å². The number of hydrogen-bond acceptors (Lipinski definition) is 2. The number of halogens is 3. The van der Waals surface area contributed by atoms with E-state index in [0.29, 0.717) is 6.54 Å². The van der Waals surface area contributed by atoms with E-state index in [1.54, 1.807) is 0 Å². The Morgan fingerprint density at radius 3 is 2.74 bits per heavy atom. The Hall–Kier alpha value is -1.56. The first-order valence-electron chi connectivity index (χ1n) is 6.01. The predicted molar refractivity (Wildman–Crippen MR) is 64.8 cm³/mol. The molecule has 1 aromatic carbocycles. The highest BCUT2D eigenvalue weighted by Crippen LogP contribution is 2.29. The molecule has 1 aliphatic rings. The first kappa shape index (κ1) is 13.9. The lowest BCUT2D eigenvalue weighted by Crippen LogP contribution is -2.47. The normalized spacial score (nSPS) is 23.4. The van der Waals surface area contributed by atoms with Gasteiger partial charge in [0.2, 0.25) is 0 Å². The van der Waals surface area contributed by atoms with Crippen LogP contribution in [0.2, 0.25) is 0 Å². The number of carbonyl (C=O) groups excluding carboxylic acids is 1. The minimum absolute atomic E-state index is 0.0305. The fraction of sp³-hybridized carbons (Fsp3) is 0.462. The third-order valence-electron chi connectivity index (χ3n) is 3.24. The van der Waals surface area contributed by atoms with Gasteiger partial charge in [-0.2, -0.15) is 13.2 Å². The van der Waals surface area contributed by atoms with Crippen molar-refractivity contribution in [2.45, 2.75) is 25.1 Å². The Morgan fingerprint density at radius 1 is 1.42 bits per heavy atom. The maximum atomic E-state index is 12.6. The zero-order chi connectivity index (χ0) is 14.1. The third-order valence-corrected chi connectivity index (χ3v) is 3.24. The average Bonchev–Trinajstić information content (AvgIpc) is 2.75. The van der Waals surface area contributed by atoms with Crippen molar-refractivity contribution in [1.29, 1.82) is 0 Å². The highest BCUT2D eigenvalue weighted by molar-refractivity contribution is 5.94. The van der Waals surface area contributed by atoms with E-state index in [1.165, 1.54) is 12.1 Å². The highest BCUT2D eigenvalue weighted by Gasteiger charge is 2.33. The van der Waals surface area contributed by atoms with Gasteiger partial charge in [0.15, 0.2) is 0 Å². The third kappa shape index (κ3) is 3.26. The van der Waals surface area contributed by atoms with Gasteiger partial charge in [-0.15, -0.1) is 0 Å². The molecule has 2 N–H and O–H groups in total. The van der Waals surface area contributed by atoms with Gasteiger partial charge in [0.1, 0.15) is 0 Å². The van der Waals surface area contributed by atoms with Crippen LogP contribution < -0.4 is 10.6 Å². The molecule has 0 aliphatic carbocycles. The van der Waals surface area contributed by atoms with Gasteiger partial charge in [-0.1, -0.05) is 6.07 Å². The number of carbonyl (C=O) groups is 1. The molecule has 0 spiro atoms. The van der Waals surface area contributed by atoms with E-state index in [0.717, 1.165) is 25.1 Å². The molecular weight excluding hydrogens is 257 g/mol. The first-order chi connectivity index (χ1) is 8.80. The Kier molecular flexibility index (Phi) is 3.54. The summed E-state index contributed by atoms with van der Waals surface area (Å²) >= 11 is 0. The lowest BCUT2D eigenvalue weighted by molar-refractivity contribution is -0.137. The quantitative estimate of drug-likeness (QED) is 0.866. The summed E-state index contributed by atoms with van der Waals surface area (Å²) in [4.78, 5) is 12.0.